The van der Waals surface area contributed by atoms with E-state index < -0.39 is 0 Å². The zero-order valence-corrected chi connectivity index (χ0v) is 12.6. The van der Waals surface area contributed by atoms with Crippen molar-refractivity contribution < 1.29 is 4.52 Å². The SMILES string of the molecule is c1cc2c(cc1-c1nc(C3CSCCS3)no1)CCN2. The Morgan fingerprint density at radius 3 is 3.20 bits per heavy atom. The fourth-order valence-electron chi connectivity index (χ4n) is 2.56. The van der Waals surface area contributed by atoms with Crippen LogP contribution in [0.5, 0.6) is 0 Å². The fraction of sp³-hybridized carbons (Fsp3) is 0.429. The van der Waals surface area contributed by atoms with Crippen LogP contribution >= 0.6 is 23.5 Å². The fourth-order valence-corrected chi connectivity index (χ4v) is 5.15. The molecule has 104 valence electrons. The van der Waals surface area contributed by atoms with Gasteiger partial charge >= 0.3 is 0 Å². The predicted octanol–water partition coefficient (Wildman–Crippen LogP) is 3.23. The number of nitrogens with zero attached hydrogens (tertiary/aromatic N) is 2. The first-order valence-corrected chi connectivity index (χ1v) is 9.00. The number of hydrogen-bond acceptors (Lipinski definition) is 6. The first-order valence-electron chi connectivity index (χ1n) is 6.80. The molecule has 1 aromatic heterocycles. The van der Waals surface area contributed by atoms with Gasteiger partial charge in [0.1, 0.15) is 0 Å². The highest BCUT2D eigenvalue weighted by Crippen LogP contribution is 2.36. The maximum atomic E-state index is 5.46. The van der Waals surface area contributed by atoms with E-state index in [0.29, 0.717) is 11.1 Å². The summed E-state index contributed by atoms with van der Waals surface area (Å²) in [5, 5.41) is 7.91. The van der Waals surface area contributed by atoms with Crippen molar-refractivity contribution in [3.05, 3.63) is 29.6 Å². The molecular formula is C14H15N3OS2. The maximum Gasteiger partial charge on any atom is 0.257 e. The molecule has 3 heterocycles. The number of thioether (sulfide) groups is 2. The summed E-state index contributed by atoms with van der Waals surface area (Å²) in [7, 11) is 0. The number of rotatable bonds is 2. The Balaban J connectivity index is 1.61. The van der Waals surface area contributed by atoms with Crippen molar-refractivity contribution in [3.63, 3.8) is 0 Å². The molecule has 2 aromatic rings. The molecule has 1 N–H and O–H groups in total. The van der Waals surface area contributed by atoms with E-state index in [4.69, 9.17) is 4.52 Å². The normalized spacial score (nSPS) is 21.5. The Labute approximate surface area is 126 Å². The van der Waals surface area contributed by atoms with Crippen LogP contribution in [-0.2, 0) is 6.42 Å². The number of benzene rings is 1. The van der Waals surface area contributed by atoms with Crippen LogP contribution in [-0.4, -0.2) is 33.9 Å². The predicted molar refractivity (Wildman–Crippen MR) is 84.5 cm³/mol. The van der Waals surface area contributed by atoms with Crippen molar-refractivity contribution in [2.24, 2.45) is 0 Å². The summed E-state index contributed by atoms with van der Waals surface area (Å²) >= 11 is 3.90. The van der Waals surface area contributed by atoms with Crippen molar-refractivity contribution >= 4 is 29.2 Å². The van der Waals surface area contributed by atoms with Gasteiger partial charge in [-0.3, -0.25) is 0 Å². The number of nitrogens with one attached hydrogen (secondary N) is 1. The number of aromatic nitrogens is 2. The summed E-state index contributed by atoms with van der Waals surface area (Å²) in [5.74, 6) is 4.97. The van der Waals surface area contributed by atoms with Crippen molar-refractivity contribution in [1.82, 2.24) is 10.1 Å². The highest BCUT2D eigenvalue weighted by molar-refractivity contribution is 8.06. The monoisotopic (exact) mass is 305 g/mol. The lowest BCUT2D eigenvalue weighted by atomic mass is 10.1. The second-order valence-corrected chi connectivity index (χ2v) is 7.40. The second-order valence-electron chi connectivity index (χ2n) is 4.94. The van der Waals surface area contributed by atoms with E-state index in [1.54, 1.807) is 0 Å². The molecule has 1 unspecified atom stereocenters. The third-order valence-corrected chi connectivity index (χ3v) is 6.36. The molecule has 6 heteroatoms. The summed E-state index contributed by atoms with van der Waals surface area (Å²) < 4.78 is 5.46. The van der Waals surface area contributed by atoms with E-state index in [9.17, 15) is 0 Å². The van der Waals surface area contributed by atoms with E-state index in [-0.39, 0.29) is 0 Å². The number of anilines is 1. The summed E-state index contributed by atoms with van der Waals surface area (Å²) in [4.78, 5) is 4.60. The highest BCUT2D eigenvalue weighted by atomic mass is 32.2. The second kappa shape index (κ2) is 5.33. The molecule has 0 spiro atoms. The summed E-state index contributed by atoms with van der Waals surface area (Å²) in [6, 6.07) is 6.32. The average molecular weight is 305 g/mol. The van der Waals surface area contributed by atoms with E-state index in [1.807, 2.05) is 23.5 Å². The van der Waals surface area contributed by atoms with Crippen LogP contribution in [0.25, 0.3) is 11.5 Å². The Morgan fingerprint density at radius 1 is 1.30 bits per heavy atom. The molecule has 1 aromatic carbocycles. The lowest BCUT2D eigenvalue weighted by molar-refractivity contribution is 0.423. The molecule has 0 aliphatic carbocycles. The van der Waals surface area contributed by atoms with Crippen molar-refractivity contribution in [2.45, 2.75) is 11.7 Å². The van der Waals surface area contributed by atoms with Crippen LogP contribution in [0.15, 0.2) is 22.7 Å². The third kappa shape index (κ3) is 2.31. The molecule has 1 saturated heterocycles. The van der Waals surface area contributed by atoms with Crippen LogP contribution in [0.1, 0.15) is 16.6 Å². The van der Waals surface area contributed by atoms with Gasteiger partial charge in [-0.25, -0.2) is 0 Å². The van der Waals surface area contributed by atoms with Gasteiger partial charge in [-0.1, -0.05) is 5.16 Å². The Kier molecular flexibility index (Phi) is 3.36. The van der Waals surface area contributed by atoms with E-state index in [0.717, 1.165) is 30.1 Å². The largest absolute Gasteiger partial charge is 0.384 e. The highest BCUT2D eigenvalue weighted by Gasteiger charge is 2.22. The standard InChI is InChI=1S/C14H15N3OS2/c1-2-11-9(3-4-15-11)7-10(1)14-16-13(17-18-14)12-8-19-5-6-20-12/h1-2,7,12,15H,3-6,8H2. The van der Waals surface area contributed by atoms with Gasteiger partial charge in [0.2, 0.25) is 0 Å². The van der Waals surface area contributed by atoms with E-state index >= 15 is 0 Å². The first kappa shape index (κ1) is 12.6. The smallest absolute Gasteiger partial charge is 0.257 e. The minimum Gasteiger partial charge on any atom is -0.384 e. The molecule has 4 rings (SSSR count). The number of hydrogen-bond donors (Lipinski definition) is 1. The average Bonchev–Trinajstić information content (AvgIpc) is 3.16. The molecule has 0 saturated carbocycles. The molecule has 4 nitrogen and oxygen atoms in total. The van der Waals surface area contributed by atoms with Crippen LogP contribution in [0.3, 0.4) is 0 Å². The summed E-state index contributed by atoms with van der Waals surface area (Å²) in [6.45, 7) is 1.02. The van der Waals surface area contributed by atoms with Crippen LogP contribution in [0, 0.1) is 0 Å². The lowest BCUT2D eigenvalue weighted by Crippen LogP contribution is -2.07. The van der Waals surface area contributed by atoms with Crippen LogP contribution < -0.4 is 5.32 Å². The minimum atomic E-state index is 0.377. The van der Waals surface area contributed by atoms with E-state index in [1.165, 1.54) is 22.8 Å². The van der Waals surface area contributed by atoms with E-state index in [2.05, 4.69) is 33.7 Å². The van der Waals surface area contributed by atoms with Crippen LogP contribution in [0.2, 0.25) is 0 Å². The lowest BCUT2D eigenvalue weighted by Gasteiger charge is -2.16. The Hall–Kier alpha value is -1.14. The van der Waals surface area contributed by atoms with Gasteiger partial charge in [0.05, 0.1) is 5.25 Å². The van der Waals surface area contributed by atoms with Crippen molar-refractivity contribution in [1.29, 1.82) is 0 Å². The Morgan fingerprint density at radius 2 is 2.30 bits per heavy atom. The minimum absolute atomic E-state index is 0.377. The van der Waals surface area contributed by atoms with Gasteiger partial charge in [0, 0.05) is 35.1 Å². The van der Waals surface area contributed by atoms with Crippen molar-refractivity contribution in [3.8, 4) is 11.5 Å². The summed E-state index contributed by atoms with van der Waals surface area (Å²) in [5.41, 5.74) is 3.59. The molecule has 0 amide bonds. The van der Waals surface area contributed by atoms with Crippen LogP contribution in [0.4, 0.5) is 5.69 Å². The third-order valence-electron chi connectivity index (χ3n) is 3.61. The summed E-state index contributed by atoms with van der Waals surface area (Å²) in [6.07, 6.45) is 1.07. The molecule has 1 atom stereocenters. The maximum absolute atomic E-state index is 5.46. The first-order chi connectivity index (χ1) is 9.90. The van der Waals surface area contributed by atoms with Crippen molar-refractivity contribution in [2.75, 3.05) is 29.1 Å². The molecule has 2 aliphatic rings. The zero-order valence-electron chi connectivity index (χ0n) is 11.0. The van der Waals surface area contributed by atoms with Gasteiger partial charge in [0.15, 0.2) is 5.82 Å². The van der Waals surface area contributed by atoms with Gasteiger partial charge < -0.3 is 9.84 Å². The van der Waals surface area contributed by atoms with Gasteiger partial charge in [0.25, 0.3) is 5.89 Å². The molecule has 0 bridgehead atoms. The van der Waals surface area contributed by atoms with Gasteiger partial charge in [-0.05, 0) is 30.2 Å². The van der Waals surface area contributed by atoms with Gasteiger partial charge in [-0.15, -0.1) is 11.8 Å². The molecule has 2 aliphatic heterocycles. The van der Waals surface area contributed by atoms with Gasteiger partial charge in [-0.2, -0.15) is 16.7 Å². The molecular weight excluding hydrogens is 290 g/mol. The molecule has 20 heavy (non-hydrogen) atoms. The number of fused-ring (bicyclic) bond motifs is 1. The topological polar surface area (TPSA) is 51.0 Å². The quantitative estimate of drug-likeness (QED) is 0.919. The molecule has 1 fully saturated rings. The Bertz CT molecular complexity index is 623. The zero-order chi connectivity index (χ0) is 13.4. The molecule has 0 radical (unpaired) electrons.